The molecular formula is C17H22ClN3. The van der Waals surface area contributed by atoms with Crippen molar-refractivity contribution in [3.05, 3.63) is 29.6 Å². The van der Waals surface area contributed by atoms with Crippen molar-refractivity contribution in [1.82, 2.24) is 9.55 Å². The highest BCUT2D eigenvalue weighted by molar-refractivity contribution is 6.17. The van der Waals surface area contributed by atoms with E-state index in [1.807, 2.05) is 18.2 Å². The zero-order chi connectivity index (χ0) is 15.4. The molecule has 1 aromatic heterocycles. The van der Waals surface area contributed by atoms with Gasteiger partial charge in [0.15, 0.2) is 0 Å². The summed E-state index contributed by atoms with van der Waals surface area (Å²) in [5.74, 6) is 2.18. The fourth-order valence-corrected chi connectivity index (χ4v) is 3.28. The zero-order valence-electron chi connectivity index (χ0n) is 12.9. The summed E-state index contributed by atoms with van der Waals surface area (Å²) < 4.78 is 2.29. The van der Waals surface area contributed by atoms with E-state index in [2.05, 4.69) is 31.4 Å². The SMILES string of the molecule is CCC(CC)C(C)n1c(CCCl)nc2ccc(C#N)cc21. The first-order valence-corrected chi connectivity index (χ1v) is 8.16. The Labute approximate surface area is 131 Å². The molecule has 2 aromatic rings. The van der Waals surface area contributed by atoms with Crippen molar-refractivity contribution >= 4 is 22.6 Å². The van der Waals surface area contributed by atoms with E-state index < -0.39 is 0 Å². The van der Waals surface area contributed by atoms with E-state index in [-0.39, 0.29) is 0 Å². The lowest BCUT2D eigenvalue weighted by molar-refractivity contribution is 0.333. The number of alkyl halides is 1. The van der Waals surface area contributed by atoms with E-state index in [0.29, 0.717) is 23.4 Å². The Morgan fingerprint density at radius 3 is 2.62 bits per heavy atom. The Kier molecular flexibility index (Phi) is 5.25. The summed E-state index contributed by atoms with van der Waals surface area (Å²) in [6.07, 6.45) is 3.02. The van der Waals surface area contributed by atoms with Gasteiger partial charge in [0.1, 0.15) is 5.82 Å². The molecule has 1 aromatic carbocycles. The first-order valence-electron chi connectivity index (χ1n) is 7.63. The maximum Gasteiger partial charge on any atom is 0.111 e. The average molecular weight is 304 g/mol. The number of halogens is 1. The summed E-state index contributed by atoms with van der Waals surface area (Å²) in [5.41, 5.74) is 2.68. The number of hydrogen-bond acceptors (Lipinski definition) is 2. The molecule has 4 heteroatoms. The van der Waals surface area contributed by atoms with Gasteiger partial charge in [-0.1, -0.05) is 26.7 Å². The van der Waals surface area contributed by atoms with Gasteiger partial charge in [0.25, 0.3) is 0 Å². The van der Waals surface area contributed by atoms with Gasteiger partial charge in [-0.2, -0.15) is 5.26 Å². The molecule has 3 nitrogen and oxygen atoms in total. The number of imidazole rings is 1. The Morgan fingerprint density at radius 1 is 1.33 bits per heavy atom. The molecule has 0 aliphatic rings. The molecule has 1 atom stereocenters. The molecular weight excluding hydrogens is 282 g/mol. The molecule has 0 radical (unpaired) electrons. The molecule has 0 N–H and O–H groups in total. The van der Waals surface area contributed by atoms with Gasteiger partial charge >= 0.3 is 0 Å². The quantitative estimate of drug-likeness (QED) is 0.727. The van der Waals surface area contributed by atoms with Gasteiger partial charge < -0.3 is 4.57 Å². The Morgan fingerprint density at radius 2 is 2.05 bits per heavy atom. The number of rotatable bonds is 6. The molecule has 21 heavy (non-hydrogen) atoms. The number of hydrogen-bond donors (Lipinski definition) is 0. The third-order valence-electron chi connectivity index (χ3n) is 4.35. The fourth-order valence-electron chi connectivity index (χ4n) is 3.11. The zero-order valence-corrected chi connectivity index (χ0v) is 13.7. The fraction of sp³-hybridized carbons (Fsp3) is 0.529. The number of nitrogens with zero attached hydrogens (tertiary/aromatic N) is 3. The number of aromatic nitrogens is 2. The van der Waals surface area contributed by atoms with Crippen molar-refractivity contribution in [3.8, 4) is 6.07 Å². The second-order valence-corrected chi connectivity index (χ2v) is 5.85. The van der Waals surface area contributed by atoms with Gasteiger partial charge in [-0.25, -0.2) is 4.98 Å². The van der Waals surface area contributed by atoms with E-state index in [9.17, 15) is 0 Å². The molecule has 0 fully saturated rings. The lowest BCUT2D eigenvalue weighted by Crippen LogP contribution is -2.18. The molecule has 0 saturated carbocycles. The molecule has 2 rings (SSSR count). The number of nitriles is 1. The Hall–Kier alpha value is -1.53. The minimum Gasteiger partial charge on any atom is -0.325 e. The molecule has 112 valence electrons. The van der Waals surface area contributed by atoms with Crippen LogP contribution in [0.5, 0.6) is 0 Å². The third kappa shape index (κ3) is 3.06. The van der Waals surface area contributed by atoms with Crippen LogP contribution < -0.4 is 0 Å². The lowest BCUT2D eigenvalue weighted by Gasteiger charge is -2.25. The van der Waals surface area contributed by atoms with Crippen LogP contribution in [-0.2, 0) is 6.42 Å². The summed E-state index contributed by atoms with van der Waals surface area (Å²) in [7, 11) is 0. The first kappa shape index (κ1) is 15.9. The normalized spacial score (nSPS) is 12.8. The van der Waals surface area contributed by atoms with Crippen LogP contribution in [0.2, 0.25) is 0 Å². The predicted octanol–water partition coefficient (Wildman–Crippen LogP) is 4.69. The van der Waals surface area contributed by atoms with Gasteiger partial charge in [-0.15, -0.1) is 11.6 Å². The smallest absolute Gasteiger partial charge is 0.111 e. The minimum atomic E-state index is 0.358. The van der Waals surface area contributed by atoms with Crippen LogP contribution in [0.3, 0.4) is 0 Å². The standard InChI is InChI=1S/C17H22ClN3/c1-4-14(5-2)12(3)21-16-10-13(11-19)6-7-15(16)20-17(21)8-9-18/h6-7,10,12,14H,4-5,8-9H2,1-3H3. The second-order valence-electron chi connectivity index (χ2n) is 5.47. The summed E-state index contributed by atoms with van der Waals surface area (Å²) in [4.78, 5) is 4.72. The molecule has 0 saturated heterocycles. The molecule has 1 heterocycles. The van der Waals surface area contributed by atoms with Crippen molar-refractivity contribution in [2.75, 3.05) is 5.88 Å². The summed E-state index contributed by atoms with van der Waals surface area (Å²) in [5, 5.41) is 9.14. The number of fused-ring (bicyclic) bond motifs is 1. The largest absolute Gasteiger partial charge is 0.325 e. The van der Waals surface area contributed by atoms with Crippen LogP contribution in [0.1, 0.15) is 51.0 Å². The second kappa shape index (κ2) is 6.95. The maximum atomic E-state index is 9.14. The summed E-state index contributed by atoms with van der Waals surface area (Å²) in [6, 6.07) is 8.28. The van der Waals surface area contributed by atoms with Gasteiger partial charge in [-0.3, -0.25) is 0 Å². The average Bonchev–Trinajstić information content (AvgIpc) is 2.85. The Balaban J connectivity index is 2.61. The Bertz CT molecular complexity index is 650. The summed E-state index contributed by atoms with van der Waals surface area (Å²) >= 11 is 5.94. The van der Waals surface area contributed by atoms with E-state index in [0.717, 1.165) is 36.1 Å². The van der Waals surface area contributed by atoms with Gasteiger partial charge in [0.05, 0.1) is 22.7 Å². The predicted molar refractivity (Wildman–Crippen MR) is 87.7 cm³/mol. The first-order chi connectivity index (χ1) is 10.2. The van der Waals surface area contributed by atoms with E-state index in [1.54, 1.807) is 0 Å². The van der Waals surface area contributed by atoms with Crippen molar-refractivity contribution in [1.29, 1.82) is 5.26 Å². The van der Waals surface area contributed by atoms with Crippen molar-refractivity contribution < 1.29 is 0 Å². The van der Waals surface area contributed by atoms with Crippen LogP contribution in [0.25, 0.3) is 11.0 Å². The number of benzene rings is 1. The molecule has 1 unspecified atom stereocenters. The highest BCUT2D eigenvalue weighted by atomic mass is 35.5. The highest BCUT2D eigenvalue weighted by Crippen LogP contribution is 2.30. The van der Waals surface area contributed by atoms with E-state index in [1.165, 1.54) is 0 Å². The van der Waals surface area contributed by atoms with Crippen LogP contribution in [-0.4, -0.2) is 15.4 Å². The van der Waals surface area contributed by atoms with Crippen LogP contribution in [0, 0.1) is 17.2 Å². The molecule has 0 aliphatic carbocycles. The van der Waals surface area contributed by atoms with Gasteiger partial charge in [-0.05, 0) is 31.0 Å². The molecule has 0 spiro atoms. The van der Waals surface area contributed by atoms with E-state index in [4.69, 9.17) is 21.8 Å². The topological polar surface area (TPSA) is 41.6 Å². The maximum absolute atomic E-state index is 9.14. The monoisotopic (exact) mass is 303 g/mol. The van der Waals surface area contributed by atoms with Crippen LogP contribution >= 0.6 is 11.6 Å². The van der Waals surface area contributed by atoms with Crippen LogP contribution in [0.4, 0.5) is 0 Å². The van der Waals surface area contributed by atoms with Crippen molar-refractivity contribution in [2.24, 2.45) is 5.92 Å². The molecule has 0 amide bonds. The van der Waals surface area contributed by atoms with Crippen LogP contribution in [0.15, 0.2) is 18.2 Å². The number of aryl methyl sites for hydroxylation is 1. The lowest BCUT2D eigenvalue weighted by atomic mass is 9.95. The van der Waals surface area contributed by atoms with Crippen molar-refractivity contribution in [2.45, 2.75) is 46.1 Å². The molecule has 0 bridgehead atoms. The third-order valence-corrected chi connectivity index (χ3v) is 4.54. The van der Waals surface area contributed by atoms with Gasteiger partial charge in [0, 0.05) is 18.3 Å². The highest BCUT2D eigenvalue weighted by Gasteiger charge is 2.21. The van der Waals surface area contributed by atoms with Crippen molar-refractivity contribution in [3.63, 3.8) is 0 Å². The molecule has 0 aliphatic heterocycles. The minimum absolute atomic E-state index is 0.358. The van der Waals surface area contributed by atoms with Gasteiger partial charge in [0.2, 0.25) is 0 Å². The van der Waals surface area contributed by atoms with E-state index >= 15 is 0 Å². The summed E-state index contributed by atoms with van der Waals surface area (Å²) in [6.45, 7) is 6.70.